The summed E-state index contributed by atoms with van der Waals surface area (Å²) >= 11 is 0. The van der Waals surface area contributed by atoms with Gasteiger partial charge in [0.05, 0.1) is 6.10 Å². The van der Waals surface area contributed by atoms with E-state index in [2.05, 4.69) is 32.6 Å². The Balaban J connectivity index is 2.18. The number of nitrogens with two attached hydrogens (primary N) is 1. The van der Waals surface area contributed by atoms with Crippen LogP contribution in [0.5, 0.6) is 6.01 Å². The Labute approximate surface area is 113 Å². The van der Waals surface area contributed by atoms with Crippen molar-refractivity contribution in [1.29, 1.82) is 0 Å². The van der Waals surface area contributed by atoms with E-state index >= 15 is 0 Å². The summed E-state index contributed by atoms with van der Waals surface area (Å²) in [6.45, 7) is 6.03. The van der Waals surface area contributed by atoms with Crippen LogP contribution < -0.4 is 21.3 Å². The molecule has 1 fully saturated rings. The number of rotatable bonds is 5. The summed E-state index contributed by atoms with van der Waals surface area (Å²) in [4.78, 5) is 12.6. The highest BCUT2D eigenvalue weighted by atomic mass is 16.5. The minimum atomic E-state index is 0.00272. The van der Waals surface area contributed by atoms with Gasteiger partial charge in [-0.3, -0.25) is 5.43 Å². The van der Waals surface area contributed by atoms with Crippen molar-refractivity contribution < 1.29 is 4.74 Å². The number of nitrogens with zero attached hydrogens (tertiary/aromatic N) is 3. The fourth-order valence-corrected chi connectivity index (χ4v) is 2.29. The predicted octanol–water partition coefficient (Wildman–Crippen LogP) is 1.69. The molecular formula is C12H22N6O. The third-order valence-corrected chi connectivity index (χ3v) is 3.21. The molecule has 0 saturated heterocycles. The third kappa shape index (κ3) is 3.66. The molecule has 2 rings (SSSR count). The number of hydrazine groups is 1. The van der Waals surface area contributed by atoms with Gasteiger partial charge in [0.1, 0.15) is 0 Å². The van der Waals surface area contributed by atoms with Gasteiger partial charge in [-0.05, 0) is 33.6 Å². The van der Waals surface area contributed by atoms with Gasteiger partial charge < -0.3 is 10.1 Å². The molecule has 0 spiro atoms. The van der Waals surface area contributed by atoms with Crippen LogP contribution >= 0.6 is 0 Å². The summed E-state index contributed by atoms with van der Waals surface area (Å²) in [5, 5.41) is 3.37. The number of hydrogen-bond acceptors (Lipinski definition) is 7. The fourth-order valence-electron chi connectivity index (χ4n) is 2.29. The van der Waals surface area contributed by atoms with Crippen molar-refractivity contribution in [3.05, 3.63) is 0 Å². The maximum Gasteiger partial charge on any atom is 0.323 e. The van der Waals surface area contributed by atoms with E-state index in [1.807, 2.05) is 13.8 Å². The van der Waals surface area contributed by atoms with Crippen LogP contribution in [0.3, 0.4) is 0 Å². The van der Waals surface area contributed by atoms with Crippen molar-refractivity contribution in [2.75, 3.05) is 10.7 Å². The molecule has 0 atom stereocenters. The van der Waals surface area contributed by atoms with Gasteiger partial charge in [-0.25, -0.2) is 5.84 Å². The van der Waals surface area contributed by atoms with Crippen molar-refractivity contribution in [1.82, 2.24) is 15.0 Å². The molecule has 4 N–H and O–H groups in total. The Hall–Kier alpha value is -1.63. The first kappa shape index (κ1) is 13.8. The molecule has 106 valence electrons. The largest absolute Gasteiger partial charge is 0.461 e. The second-order valence-corrected chi connectivity index (χ2v) is 5.47. The SMILES string of the molecule is CC(C)Oc1nc(NN)nc(NC2(C)CCCC2)n1. The molecule has 0 aliphatic heterocycles. The van der Waals surface area contributed by atoms with E-state index in [0.29, 0.717) is 11.9 Å². The molecule has 1 heterocycles. The highest BCUT2D eigenvalue weighted by molar-refractivity contribution is 5.37. The first-order valence-corrected chi connectivity index (χ1v) is 6.68. The third-order valence-electron chi connectivity index (χ3n) is 3.21. The number of anilines is 2. The molecule has 0 unspecified atom stereocenters. The van der Waals surface area contributed by atoms with E-state index in [-0.39, 0.29) is 17.7 Å². The van der Waals surface area contributed by atoms with E-state index in [1.165, 1.54) is 12.8 Å². The molecule has 0 bridgehead atoms. The van der Waals surface area contributed by atoms with Crippen molar-refractivity contribution in [3.8, 4) is 6.01 Å². The molecule has 1 aromatic heterocycles. The Bertz CT molecular complexity index is 430. The lowest BCUT2D eigenvalue weighted by atomic mass is 10.0. The predicted molar refractivity (Wildman–Crippen MR) is 73.9 cm³/mol. The Morgan fingerprint density at radius 3 is 2.37 bits per heavy atom. The molecule has 0 aromatic carbocycles. The molecule has 7 heteroatoms. The normalized spacial score (nSPS) is 17.5. The lowest BCUT2D eigenvalue weighted by Gasteiger charge is -2.25. The molecule has 7 nitrogen and oxygen atoms in total. The van der Waals surface area contributed by atoms with E-state index in [9.17, 15) is 0 Å². The second kappa shape index (κ2) is 5.56. The highest BCUT2D eigenvalue weighted by Gasteiger charge is 2.29. The first-order chi connectivity index (χ1) is 9.00. The van der Waals surface area contributed by atoms with Crippen molar-refractivity contribution in [3.63, 3.8) is 0 Å². The zero-order valence-corrected chi connectivity index (χ0v) is 11.7. The summed E-state index contributed by atoms with van der Waals surface area (Å²) in [5.41, 5.74) is 2.48. The van der Waals surface area contributed by atoms with Crippen LogP contribution in [0.4, 0.5) is 11.9 Å². The van der Waals surface area contributed by atoms with Crippen LogP contribution in [0, 0.1) is 0 Å². The van der Waals surface area contributed by atoms with Gasteiger partial charge in [-0.1, -0.05) is 12.8 Å². The molecule has 0 amide bonds. The lowest BCUT2D eigenvalue weighted by molar-refractivity contribution is 0.222. The Morgan fingerprint density at radius 2 is 1.79 bits per heavy atom. The molecule has 0 radical (unpaired) electrons. The van der Waals surface area contributed by atoms with E-state index < -0.39 is 0 Å². The topological polar surface area (TPSA) is 98.0 Å². The summed E-state index contributed by atoms with van der Waals surface area (Å²) in [6, 6.07) is 0.280. The Morgan fingerprint density at radius 1 is 1.16 bits per heavy atom. The highest BCUT2D eigenvalue weighted by Crippen LogP contribution is 2.32. The van der Waals surface area contributed by atoms with Gasteiger partial charge >= 0.3 is 6.01 Å². The van der Waals surface area contributed by atoms with E-state index in [1.54, 1.807) is 0 Å². The molecule has 19 heavy (non-hydrogen) atoms. The van der Waals surface area contributed by atoms with Crippen molar-refractivity contribution in [2.45, 2.75) is 58.1 Å². The van der Waals surface area contributed by atoms with Gasteiger partial charge in [0.2, 0.25) is 11.9 Å². The molecule has 1 aromatic rings. The van der Waals surface area contributed by atoms with Gasteiger partial charge in [0.25, 0.3) is 0 Å². The summed E-state index contributed by atoms with van der Waals surface area (Å²) in [7, 11) is 0. The van der Waals surface area contributed by atoms with Gasteiger partial charge in [0, 0.05) is 5.54 Å². The minimum absolute atomic E-state index is 0.00272. The molecule has 1 aliphatic rings. The quantitative estimate of drug-likeness (QED) is 0.551. The summed E-state index contributed by atoms with van der Waals surface area (Å²) < 4.78 is 5.50. The van der Waals surface area contributed by atoms with Crippen LogP contribution in [-0.2, 0) is 0 Å². The maximum absolute atomic E-state index is 5.50. The monoisotopic (exact) mass is 266 g/mol. The van der Waals surface area contributed by atoms with Crippen molar-refractivity contribution in [2.24, 2.45) is 5.84 Å². The minimum Gasteiger partial charge on any atom is -0.461 e. The average molecular weight is 266 g/mol. The second-order valence-electron chi connectivity index (χ2n) is 5.47. The fraction of sp³-hybridized carbons (Fsp3) is 0.750. The van der Waals surface area contributed by atoms with Gasteiger partial charge in [-0.2, -0.15) is 15.0 Å². The summed E-state index contributed by atoms with van der Waals surface area (Å²) in [5.74, 6) is 6.18. The zero-order valence-electron chi connectivity index (χ0n) is 11.7. The number of aromatic nitrogens is 3. The van der Waals surface area contributed by atoms with Gasteiger partial charge in [-0.15, -0.1) is 0 Å². The van der Waals surface area contributed by atoms with E-state index in [4.69, 9.17) is 10.6 Å². The lowest BCUT2D eigenvalue weighted by Crippen LogP contribution is -2.32. The van der Waals surface area contributed by atoms with E-state index in [0.717, 1.165) is 12.8 Å². The average Bonchev–Trinajstić information content (AvgIpc) is 2.74. The number of nitrogen functional groups attached to an aromatic ring is 1. The first-order valence-electron chi connectivity index (χ1n) is 6.68. The number of ether oxygens (including phenoxy) is 1. The van der Waals surface area contributed by atoms with Crippen LogP contribution in [0.15, 0.2) is 0 Å². The van der Waals surface area contributed by atoms with Crippen LogP contribution in [0.1, 0.15) is 46.5 Å². The number of nitrogens with one attached hydrogen (secondary N) is 2. The standard InChI is InChI=1S/C12H22N6O/c1-8(2)19-11-15-9(14-10(16-11)18-13)17-12(3)6-4-5-7-12/h8H,4-7,13H2,1-3H3,(H2,14,15,16,17,18). The zero-order chi connectivity index (χ0) is 13.9. The molecule has 1 aliphatic carbocycles. The van der Waals surface area contributed by atoms with Gasteiger partial charge in [0.15, 0.2) is 0 Å². The van der Waals surface area contributed by atoms with Crippen LogP contribution in [0.2, 0.25) is 0 Å². The molecule has 1 saturated carbocycles. The van der Waals surface area contributed by atoms with Crippen LogP contribution in [0.25, 0.3) is 0 Å². The van der Waals surface area contributed by atoms with Crippen molar-refractivity contribution >= 4 is 11.9 Å². The summed E-state index contributed by atoms with van der Waals surface area (Å²) in [6.07, 6.45) is 4.69. The maximum atomic E-state index is 5.50. The Kier molecular flexibility index (Phi) is 4.04. The smallest absolute Gasteiger partial charge is 0.323 e. The number of hydrogen-bond donors (Lipinski definition) is 3. The van der Waals surface area contributed by atoms with Crippen LogP contribution in [-0.4, -0.2) is 26.6 Å². The molecular weight excluding hydrogens is 244 g/mol.